The Morgan fingerprint density at radius 3 is 2.80 bits per heavy atom. The monoisotopic (exact) mass is 295 g/mol. The molecule has 104 valence electrons. The molecule has 6 nitrogen and oxygen atoms in total. The molecule has 0 aliphatic carbocycles. The van der Waals surface area contributed by atoms with Crippen LogP contribution in [-0.4, -0.2) is 33.6 Å². The molecule has 0 radical (unpaired) electrons. The summed E-state index contributed by atoms with van der Waals surface area (Å²) in [5.41, 5.74) is 0.659. The third kappa shape index (κ3) is 3.89. The number of nitrogens with one attached hydrogen (secondary N) is 1. The number of amidine groups is 1. The van der Waals surface area contributed by atoms with Gasteiger partial charge < -0.3 is 10.4 Å². The van der Waals surface area contributed by atoms with E-state index in [4.69, 9.17) is 5.11 Å². The number of benzene rings is 1. The Bertz CT molecular complexity index is 586. The van der Waals surface area contributed by atoms with E-state index in [-0.39, 0.29) is 17.4 Å². The van der Waals surface area contributed by atoms with Crippen molar-refractivity contribution in [2.45, 2.75) is 11.7 Å². The summed E-state index contributed by atoms with van der Waals surface area (Å²) in [5.74, 6) is -1.79. The zero-order valence-corrected chi connectivity index (χ0v) is 10.9. The van der Waals surface area contributed by atoms with Crippen LogP contribution in [0.4, 0.5) is 4.39 Å². The average molecular weight is 295 g/mol. The van der Waals surface area contributed by atoms with E-state index >= 15 is 0 Å². The number of rotatable bonds is 4. The van der Waals surface area contributed by atoms with Gasteiger partial charge in [-0.15, -0.1) is 5.10 Å². The summed E-state index contributed by atoms with van der Waals surface area (Å²) in [6, 6.07) is 5.66. The maximum Gasteiger partial charge on any atom is 0.305 e. The summed E-state index contributed by atoms with van der Waals surface area (Å²) in [6.45, 7) is 0. The minimum Gasteiger partial charge on any atom is -0.481 e. The zero-order chi connectivity index (χ0) is 14.5. The molecule has 2 N–H and O–H groups in total. The number of halogens is 1. The number of hydrogen-bond acceptors (Lipinski definition) is 5. The molecule has 0 aromatic heterocycles. The summed E-state index contributed by atoms with van der Waals surface area (Å²) >= 11 is 1.02. The Hall–Kier alpha value is -2.22. The van der Waals surface area contributed by atoms with Crippen LogP contribution in [0.3, 0.4) is 0 Å². The third-order valence-corrected chi connectivity index (χ3v) is 3.43. The molecule has 1 fully saturated rings. The van der Waals surface area contributed by atoms with Gasteiger partial charge in [-0.05, 0) is 17.7 Å². The molecular formula is C12H10FN3O3S. The predicted molar refractivity (Wildman–Crippen MR) is 73.2 cm³/mol. The van der Waals surface area contributed by atoms with Crippen molar-refractivity contribution in [1.29, 1.82) is 0 Å². The highest BCUT2D eigenvalue weighted by atomic mass is 32.2. The zero-order valence-electron chi connectivity index (χ0n) is 10.1. The fourth-order valence-electron chi connectivity index (χ4n) is 1.44. The molecule has 1 aliphatic heterocycles. The minimum absolute atomic E-state index is 0.250. The standard InChI is InChI=1S/C12H10FN3O3S/c13-8-3-1-7(2-4-8)6-14-16-12-15-11(19)9(20-12)5-10(17)18/h1-4,6,9H,5H2,(H,17,18)(H,15,16,19)/b14-6-/t9-/m0/s1. The van der Waals surface area contributed by atoms with E-state index < -0.39 is 17.1 Å². The average Bonchev–Trinajstić information content (AvgIpc) is 2.72. The normalized spacial score (nSPS) is 20.6. The van der Waals surface area contributed by atoms with Crippen LogP contribution in [0.1, 0.15) is 12.0 Å². The topological polar surface area (TPSA) is 91.1 Å². The SMILES string of the molecule is O=C(O)C[C@@H]1S/C(=N\N=C/c2ccc(F)cc2)NC1=O. The molecule has 1 amide bonds. The van der Waals surface area contributed by atoms with Crippen molar-refractivity contribution in [2.24, 2.45) is 10.2 Å². The number of carboxylic acid groups (broad SMARTS) is 1. The van der Waals surface area contributed by atoms with Crippen LogP contribution >= 0.6 is 11.8 Å². The largest absolute Gasteiger partial charge is 0.481 e. The Morgan fingerprint density at radius 1 is 1.45 bits per heavy atom. The molecule has 1 atom stereocenters. The highest BCUT2D eigenvalue weighted by molar-refractivity contribution is 8.15. The van der Waals surface area contributed by atoms with Crippen molar-refractivity contribution in [3.8, 4) is 0 Å². The van der Waals surface area contributed by atoms with E-state index in [9.17, 15) is 14.0 Å². The van der Waals surface area contributed by atoms with Crippen LogP contribution in [0, 0.1) is 5.82 Å². The molecule has 0 spiro atoms. The second-order valence-electron chi connectivity index (χ2n) is 3.89. The van der Waals surface area contributed by atoms with Crippen molar-refractivity contribution in [1.82, 2.24) is 5.32 Å². The van der Waals surface area contributed by atoms with Crippen molar-refractivity contribution < 1.29 is 19.1 Å². The molecule has 1 aromatic carbocycles. The quantitative estimate of drug-likeness (QED) is 0.645. The van der Waals surface area contributed by atoms with Gasteiger partial charge >= 0.3 is 5.97 Å². The molecule has 2 rings (SSSR count). The van der Waals surface area contributed by atoms with Crippen LogP contribution < -0.4 is 5.32 Å². The molecule has 0 unspecified atom stereocenters. The van der Waals surface area contributed by atoms with Crippen LogP contribution in [0.15, 0.2) is 34.5 Å². The number of aliphatic carboxylic acids is 1. The van der Waals surface area contributed by atoms with Crippen LogP contribution in [-0.2, 0) is 9.59 Å². The van der Waals surface area contributed by atoms with Gasteiger partial charge in [0.15, 0.2) is 5.17 Å². The summed E-state index contributed by atoms with van der Waals surface area (Å²) < 4.78 is 12.7. The highest BCUT2D eigenvalue weighted by Crippen LogP contribution is 2.22. The van der Waals surface area contributed by atoms with Crippen molar-refractivity contribution in [3.05, 3.63) is 35.6 Å². The van der Waals surface area contributed by atoms with Crippen LogP contribution in [0.2, 0.25) is 0 Å². The van der Waals surface area contributed by atoms with Gasteiger partial charge in [0.05, 0.1) is 12.6 Å². The van der Waals surface area contributed by atoms with E-state index in [0.717, 1.165) is 11.8 Å². The first kappa shape index (κ1) is 14.2. The second-order valence-corrected chi connectivity index (χ2v) is 5.09. The first-order valence-electron chi connectivity index (χ1n) is 5.60. The number of carbonyl (C=O) groups excluding carboxylic acids is 1. The van der Waals surface area contributed by atoms with E-state index in [2.05, 4.69) is 15.5 Å². The Labute approximate surface area is 117 Å². The highest BCUT2D eigenvalue weighted by Gasteiger charge is 2.32. The molecule has 1 aliphatic rings. The molecule has 1 saturated heterocycles. The van der Waals surface area contributed by atoms with Crippen LogP contribution in [0.25, 0.3) is 0 Å². The van der Waals surface area contributed by atoms with Gasteiger partial charge in [0, 0.05) is 0 Å². The Morgan fingerprint density at radius 2 is 2.15 bits per heavy atom. The lowest BCUT2D eigenvalue weighted by atomic mass is 10.2. The summed E-state index contributed by atoms with van der Waals surface area (Å²) in [6.07, 6.45) is 1.14. The molecule has 0 saturated carbocycles. The van der Waals surface area contributed by atoms with E-state index in [1.165, 1.54) is 30.5 Å². The number of thioether (sulfide) groups is 1. The van der Waals surface area contributed by atoms with Gasteiger partial charge in [-0.1, -0.05) is 23.9 Å². The maximum absolute atomic E-state index is 12.7. The molecule has 20 heavy (non-hydrogen) atoms. The van der Waals surface area contributed by atoms with Crippen molar-refractivity contribution in [3.63, 3.8) is 0 Å². The molecule has 8 heteroatoms. The van der Waals surface area contributed by atoms with Gasteiger partial charge in [0.1, 0.15) is 11.1 Å². The Balaban J connectivity index is 1.97. The molecule has 1 aromatic rings. The molecule has 1 heterocycles. The molecule has 0 bridgehead atoms. The summed E-state index contributed by atoms with van der Waals surface area (Å²) in [5, 5.41) is 18.2. The van der Waals surface area contributed by atoms with Crippen molar-refractivity contribution in [2.75, 3.05) is 0 Å². The predicted octanol–water partition coefficient (Wildman–Crippen LogP) is 1.22. The fourth-order valence-corrected chi connectivity index (χ4v) is 2.36. The summed E-state index contributed by atoms with van der Waals surface area (Å²) in [7, 11) is 0. The number of carboxylic acids is 1. The van der Waals surface area contributed by atoms with Gasteiger partial charge in [0.2, 0.25) is 5.91 Å². The number of hydrogen-bond donors (Lipinski definition) is 2. The summed E-state index contributed by atoms with van der Waals surface area (Å²) in [4.78, 5) is 22.0. The number of carbonyl (C=O) groups is 2. The van der Waals surface area contributed by atoms with Gasteiger partial charge in [0.25, 0.3) is 0 Å². The van der Waals surface area contributed by atoms with Crippen LogP contribution in [0.5, 0.6) is 0 Å². The van der Waals surface area contributed by atoms with E-state index in [1.807, 2.05) is 0 Å². The third-order valence-electron chi connectivity index (χ3n) is 2.36. The first-order chi connectivity index (χ1) is 9.54. The first-order valence-corrected chi connectivity index (χ1v) is 6.48. The van der Waals surface area contributed by atoms with E-state index in [1.54, 1.807) is 0 Å². The maximum atomic E-state index is 12.7. The van der Waals surface area contributed by atoms with Crippen molar-refractivity contribution >= 4 is 35.0 Å². The lowest BCUT2D eigenvalue weighted by molar-refractivity contribution is -0.138. The minimum atomic E-state index is -1.05. The smallest absolute Gasteiger partial charge is 0.305 e. The lowest BCUT2D eigenvalue weighted by Crippen LogP contribution is -2.26. The lowest BCUT2D eigenvalue weighted by Gasteiger charge is -1.97. The molecular weight excluding hydrogens is 285 g/mol. The Kier molecular flexibility index (Phi) is 4.46. The second kappa shape index (κ2) is 6.29. The van der Waals surface area contributed by atoms with Gasteiger partial charge in [-0.3, -0.25) is 9.59 Å². The number of amides is 1. The fraction of sp³-hybridized carbons (Fsp3) is 0.167. The van der Waals surface area contributed by atoms with Gasteiger partial charge in [-0.2, -0.15) is 5.10 Å². The number of nitrogens with zero attached hydrogens (tertiary/aromatic N) is 2. The van der Waals surface area contributed by atoms with Gasteiger partial charge in [-0.25, -0.2) is 4.39 Å². The van der Waals surface area contributed by atoms with E-state index in [0.29, 0.717) is 5.56 Å².